The van der Waals surface area contributed by atoms with Gasteiger partial charge in [0.2, 0.25) is 0 Å². The molecule has 0 heterocycles. The van der Waals surface area contributed by atoms with E-state index >= 15 is 0 Å². The fourth-order valence-corrected chi connectivity index (χ4v) is 7.25. The number of Topliss-reactive ketones (excluding diaryl/α,β-unsaturated/α-hetero) is 8. The van der Waals surface area contributed by atoms with E-state index in [2.05, 4.69) is 0 Å². The highest BCUT2D eigenvalue weighted by Crippen LogP contribution is 2.30. The minimum Gasteiger partial charge on any atom is -0.504 e. The van der Waals surface area contributed by atoms with Crippen LogP contribution in [0, 0.1) is 11.8 Å². The van der Waals surface area contributed by atoms with Crippen molar-refractivity contribution in [2.24, 2.45) is 11.8 Å². The highest BCUT2D eigenvalue weighted by Gasteiger charge is 2.38. The first-order chi connectivity index (χ1) is 36.0. The van der Waals surface area contributed by atoms with E-state index in [0.29, 0.717) is 54.2 Å². The van der Waals surface area contributed by atoms with Gasteiger partial charge < -0.3 is 44.1 Å². The van der Waals surface area contributed by atoms with Crippen molar-refractivity contribution in [3.63, 3.8) is 0 Å². The zero-order valence-corrected chi connectivity index (χ0v) is 43.9. The van der Waals surface area contributed by atoms with Crippen molar-refractivity contribution in [3.05, 3.63) is 101 Å². The van der Waals surface area contributed by atoms with Crippen molar-refractivity contribution in [2.45, 2.75) is 91.9 Å². The third-order valence-electron chi connectivity index (χ3n) is 11.1. The zero-order valence-electron chi connectivity index (χ0n) is 43.9. The van der Waals surface area contributed by atoms with Crippen LogP contribution in [0.25, 0.3) is 6.08 Å². The average Bonchev–Trinajstić information content (AvgIpc) is 3.71. The van der Waals surface area contributed by atoms with Crippen LogP contribution in [0.1, 0.15) is 94.9 Å². The molecule has 408 valence electrons. The number of phenols is 4. The van der Waals surface area contributed by atoms with E-state index in [-0.39, 0.29) is 109 Å². The van der Waals surface area contributed by atoms with Crippen molar-refractivity contribution in [3.8, 4) is 46.0 Å². The van der Waals surface area contributed by atoms with Crippen molar-refractivity contribution in [1.29, 1.82) is 0 Å². The molecule has 1 fully saturated rings. The number of aryl methyl sites for hydroxylation is 3. The number of methoxy groups -OCH3 is 4. The second kappa shape index (κ2) is 32.7. The number of aromatic hydroxyl groups is 4. The van der Waals surface area contributed by atoms with Gasteiger partial charge in [-0.3, -0.25) is 47.9 Å². The van der Waals surface area contributed by atoms with Crippen LogP contribution in [0.3, 0.4) is 0 Å². The first kappa shape index (κ1) is 63.6. The van der Waals surface area contributed by atoms with E-state index in [1.54, 1.807) is 67.6 Å². The summed E-state index contributed by atoms with van der Waals surface area (Å²) in [5, 5.41) is 38.0. The van der Waals surface area contributed by atoms with Gasteiger partial charge in [-0.2, -0.15) is 0 Å². The largest absolute Gasteiger partial charge is 0.504 e. The monoisotopic (exact) mass is 1050 g/mol. The van der Waals surface area contributed by atoms with Crippen molar-refractivity contribution in [1.82, 2.24) is 0 Å². The van der Waals surface area contributed by atoms with Gasteiger partial charge in [0, 0.05) is 32.1 Å². The summed E-state index contributed by atoms with van der Waals surface area (Å²) >= 11 is 0. The number of carbonyl (C=O) groups excluding carboxylic acids is 10. The van der Waals surface area contributed by atoms with Gasteiger partial charge in [0.15, 0.2) is 86.6 Å². The van der Waals surface area contributed by atoms with Gasteiger partial charge in [-0.05, 0) is 124 Å². The van der Waals surface area contributed by atoms with E-state index in [0.717, 1.165) is 16.7 Å². The van der Waals surface area contributed by atoms with Crippen LogP contribution in [0.5, 0.6) is 46.0 Å². The van der Waals surface area contributed by atoms with Gasteiger partial charge in [-0.15, -0.1) is 0 Å². The first-order valence-electron chi connectivity index (χ1n) is 23.9. The fourth-order valence-electron chi connectivity index (χ4n) is 7.25. The molecule has 5 rings (SSSR count). The summed E-state index contributed by atoms with van der Waals surface area (Å²) in [6.45, 7) is 5.69. The molecule has 4 aromatic carbocycles. The summed E-state index contributed by atoms with van der Waals surface area (Å²) in [6.07, 6.45) is 4.85. The summed E-state index contributed by atoms with van der Waals surface area (Å²) in [7, 11) is 5.81. The summed E-state index contributed by atoms with van der Waals surface area (Å²) in [5.41, 5.74) is 3.08. The second-order valence-electron chi connectivity index (χ2n) is 17.1. The number of esters is 1. The van der Waals surface area contributed by atoms with E-state index < -0.39 is 29.4 Å². The minimum absolute atomic E-state index is 0.00529. The molecule has 1 unspecified atom stereocenters. The molecule has 0 aliphatic heterocycles. The van der Waals surface area contributed by atoms with Gasteiger partial charge >= 0.3 is 5.97 Å². The number of hydrogen-bond acceptors (Lipinski definition) is 19. The summed E-state index contributed by atoms with van der Waals surface area (Å²) in [6, 6.07) is 19.3. The molecule has 1 aliphatic rings. The predicted octanol–water partition coefficient (Wildman–Crippen LogP) is 6.97. The number of benzene rings is 4. The molecular weight excluding hydrogens is 989 g/mol. The van der Waals surface area contributed by atoms with E-state index in [1.165, 1.54) is 73.5 Å². The molecule has 4 aromatic rings. The van der Waals surface area contributed by atoms with Crippen LogP contribution in [-0.4, -0.2) is 113 Å². The SMILES string of the molecule is CCOC(=O)C(C(C)=O)C(=O)CCc1ccc(O)c(OC)c1.COc1cc(CCC(=O)C2C(=O)CCC2=O)ccc1O.COc1ccc(/C=C/C(=O)CC(C)=O)cc1O.COc1ccc(CCC(=O)CC(C)=O)cc1O. The number of phenolic OH excluding ortho intramolecular Hbond substituents is 4. The van der Waals surface area contributed by atoms with Gasteiger partial charge in [0.05, 0.1) is 47.9 Å². The van der Waals surface area contributed by atoms with Crippen molar-refractivity contribution in [2.75, 3.05) is 35.0 Å². The Labute approximate surface area is 440 Å². The Morgan fingerprint density at radius 2 is 1.03 bits per heavy atom. The molecule has 0 radical (unpaired) electrons. The van der Waals surface area contributed by atoms with Crippen LogP contribution in [0.15, 0.2) is 78.9 Å². The number of allylic oxidation sites excluding steroid dienone is 1. The van der Waals surface area contributed by atoms with Gasteiger partial charge in [-0.25, -0.2) is 0 Å². The van der Waals surface area contributed by atoms with Crippen LogP contribution in [-0.2, 0) is 71.9 Å². The summed E-state index contributed by atoms with van der Waals surface area (Å²) < 4.78 is 24.5. The Morgan fingerprint density at radius 3 is 1.49 bits per heavy atom. The fraction of sp³-hybridized carbons (Fsp3) is 0.368. The zero-order chi connectivity index (χ0) is 57.1. The molecule has 0 bridgehead atoms. The molecule has 0 spiro atoms. The van der Waals surface area contributed by atoms with Crippen LogP contribution < -0.4 is 18.9 Å². The first-order valence-corrected chi connectivity index (χ1v) is 23.9. The number of hydrogen-bond donors (Lipinski definition) is 4. The molecule has 19 heteroatoms. The van der Waals surface area contributed by atoms with Crippen LogP contribution in [0.2, 0.25) is 0 Å². The average molecular weight is 1060 g/mol. The summed E-state index contributed by atoms with van der Waals surface area (Å²) in [4.78, 5) is 114. The minimum atomic E-state index is -1.36. The maximum atomic E-state index is 12.1. The number of ether oxygens (including phenoxy) is 5. The highest BCUT2D eigenvalue weighted by atomic mass is 16.5. The summed E-state index contributed by atoms with van der Waals surface area (Å²) in [5.74, 6) is -4.14. The third kappa shape index (κ3) is 21.9. The number of rotatable bonds is 24. The lowest BCUT2D eigenvalue weighted by atomic mass is 9.95. The Kier molecular flexibility index (Phi) is 27.3. The lowest BCUT2D eigenvalue weighted by molar-refractivity contribution is -0.154. The second-order valence-corrected chi connectivity index (χ2v) is 17.1. The Bertz CT molecular complexity index is 2730. The normalized spacial score (nSPS) is 12.1. The molecule has 1 aliphatic carbocycles. The molecule has 1 saturated carbocycles. The smallest absolute Gasteiger partial charge is 0.324 e. The van der Waals surface area contributed by atoms with Crippen molar-refractivity contribution >= 4 is 64.1 Å². The molecule has 76 heavy (non-hydrogen) atoms. The maximum Gasteiger partial charge on any atom is 0.324 e. The Morgan fingerprint density at radius 1 is 0.566 bits per heavy atom. The lowest BCUT2D eigenvalue weighted by Gasteiger charge is -2.12. The van der Waals surface area contributed by atoms with E-state index in [1.807, 2.05) is 0 Å². The quantitative estimate of drug-likeness (QED) is 0.0313. The molecule has 1 atom stereocenters. The van der Waals surface area contributed by atoms with Gasteiger partial charge in [-0.1, -0.05) is 30.3 Å². The number of carbonyl (C=O) groups is 10. The predicted molar refractivity (Wildman–Crippen MR) is 277 cm³/mol. The van der Waals surface area contributed by atoms with Gasteiger partial charge in [0.25, 0.3) is 0 Å². The Balaban J connectivity index is 0.000000349. The third-order valence-corrected chi connectivity index (χ3v) is 11.1. The topological polar surface area (TPSA) is 298 Å². The lowest BCUT2D eigenvalue weighted by Crippen LogP contribution is -2.32. The molecule has 0 amide bonds. The standard InChI is InChI=1S/C16H20O6.C15H16O5.C13H16O4.C13H14O4/c1-4-22-16(20)15(10(2)17)13(19)8-6-11-5-7-12(18)14(9-11)21-3;1-20-14-8-9(2-4-10(14)16)3-5-11(17)15-12(18)6-7-13(15)19;2*1-9(14)7-11(15)5-3-10-4-6-13(17-2)12(16)8-10/h5,7,9,15,18H,4,6,8H2,1-3H3;2,4,8,15-16H,3,5-7H2,1H3;4,6,8,16H,3,5,7H2,1-2H3;3-6,8,16H,7H2,1-2H3/b;;;5-3+. The molecule has 19 nitrogen and oxygen atoms in total. The maximum absolute atomic E-state index is 12.1. The molecular formula is C57H66O19. The van der Waals surface area contributed by atoms with Crippen LogP contribution in [0.4, 0.5) is 0 Å². The van der Waals surface area contributed by atoms with E-state index in [4.69, 9.17) is 23.7 Å². The molecule has 0 saturated heterocycles. The van der Waals surface area contributed by atoms with Gasteiger partial charge in [0.1, 0.15) is 23.3 Å². The highest BCUT2D eigenvalue weighted by molar-refractivity contribution is 6.23. The number of ketones is 9. The molecule has 0 aromatic heterocycles. The van der Waals surface area contributed by atoms with E-state index in [9.17, 15) is 68.4 Å². The van der Waals surface area contributed by atoms with Crippen molar-refractivity contribution < 1.29 is 92.1 Å². The molecule has 4 N–H and O–H groups in total. The Hall–Kier alpha value is -8.48. The van der Waals surface area contributed by atoms with Crippen LogP contribution >= 0.6 is 0 Å².